The highest BCUT2D eigenvalue weighted by atomic mass is 79.9. The minimum Gasteiger partial charge on any atom is -0.0922 e. The van der Waals surface area contributed by atoms with Crippen LogP contribution in [0.3, 0.4) is 0 Å². The Labute approximate surface area is 77.9 Å². The lowest BCUT2D eigenvalue weighted by molar-refractivity contribution is 0.115. The highest BCUT2D eigenvalue weighted by Gasteiger charge is 2.42. The van der Waals surface area contributed by atoms with Gasteiger partial charge in [-0.1, -0.05) is 35.2 Å². The molecule has 2 saturated carbocycles. The van der Waals surface area contributed by atoms with Crippen LogP contribution in [-0.4, -0.2) is 5.33 Å². The second-order valence-electron chi connectivity index (χ2n) is 4.33. The molecule has 0 radical (unpaired) electrons. The Morgan fingerprint density at radius 2 is 1.73 bits per heavy atom. The fourth-order valence-corrected chi connectivity index (χ4v) is 3.77. The quantitative estimate of drug-likeness (QED) is 0.618. The van der Waals surface area contributed by atoms with Gasteiger partial charge in [-0.3, -0.25) is 0 Å². The van der Waals surface area contributed by atoms with E-state index in [9.17, 15) is 0 Å². The molecular formula is C10H17Br. The molecule has 64 valence electrons. The van der Waals surface area contributed by atoms with Gasteiger partial charge in [0.05, 0.1) is 0 Å². The van der Waals surface area contributed by atoms with Crippen molar-refractivity contribution >= 4 is 15.9 Å². The smallest absolute Gasteiger partial charge is 0.00906 e. The maximum absolute atomic E-state index is 3.71. The van der Waals surface area contributed by atoms with Crippen molar-refractivity contribution in [1.82, 2.24) is 0 Å². The average molecular weight is 217 g/mol. The van der Waals surface area contributed by atoms with Crippen LogP contribution in [0, 0.1) is 11.3 Å². The van der Waals surface area contributed by atoms with Crippen molar-refractivity contribution < 1.29 is 0 Å². The normalized spacial score (nSPS) is 30.3. The maximum Gasteiger partial charge on any atom is 0.00906 e. The van der Waals surface area contributed by atoms with E-state index in [0.29, 0.717) is 0 Å². The van der Waals surface area contributed by atoms with Crippen LogP contribution >= 0.6 is 15.9 Å². The first kappa shape index (κ1) is 8.10. The van der Waals surface area contributed by atoms with Crippen molar-refractivity contribution in [3.05, 3.63) is 0 Å². The van der Waals surface area contributed by atoms with Gasteiger partial charge in [0.2, 0.25) is 0 Å². The van der Waals surface area contributed by atoms with E-state index in [4.69, 9.17) is 0 Å². The van der Waals surface area contributed by atoms with Crippen LogP contribution in [0.1, 0.15) is 44.9 Å². The lowest BCUT2D eigenvalue weighted by atomic mass is 9.65. The van der Waals surface area contributed by atoms with Gasteiger partial charge in [-0.2, -0.15) is 0 Å². The molecule has 0 aromatic carbocycles. The van der Waals surface area contributed by atoms with Crippen molar-refractivity contribution in [2.45, 2.75) is 44.9 Å². The molecule has 0 N–H and O–H groups in total. The van der Waals surface area contributed by atoms with Gasteiger partial charge in [0.15, 0.2) is 0 Å². The molecule has 0 aromatic rings. The Morgan fingerprint density at radius 1 is 1.09 bits per heavy atom. The lowest BCUT2D eigenvalue weighted by Crippen LogP contribution is -2.34. The monoisotopic (exact) mass is 216 g/mol. The molecule has 0 unspecified atom stereocenters. The van der Waals surface area contributed by atoms with E-state index in [2.05, 4.69) is 15.9 Å². The summed E-state index contributed by atoms with van der Waals surface area (Å²) < 4.78 is 0. The molecule has 0 amide bonds. The summed E-state index contributed by atoms with van der Waals surface area (Å²) in [6, 6.07) is 0. The molecule has 0 bridgehead atoms. The molecule has 2 aliphatic rings. The molecular weight excluding hydrogens is 200 g/mol. The highest BCUT2D eigenvalue weighted by Crippen LogP contribution is 2.52. The summed E-state index contributed by atoms with van der Waals surface area (Å²) in [5.41, 5.74) is 0.748. The Morgan fingerprint density at radius 3 is 2.09 bits per heavy atom. The first-order valence-electron chi connectivity index (χ1n) is 4.93. The van der Waals surface area contributed by atoms with E-state index in [-0.39, 0.29) is 0 Å². The number of rotatable bonds is 2. The van der Waals surface area contributed by atoms with Crippen LogP contribution in [0.15, 0.2) is 0 Å². The molecule has 0 aliphatic heterocycles. The van der Waals surface area contributed by atoms with Crippen molar-refractivity contribution in [3.8, 4) is 0 Å². The SMILES string of the molecule is BrCC1(C2CCC2)CCCC1. The first-order valence-corrected chi connectivity index (χ1v) is 6.05. The predicted octanol–water partition coefficient (Wildman–Crippen LogP) is 3.74. The zero-order valence-electron chi connectivity index (χ0n) is 7.11. The van der Waals surface area contributed by atoms with Gasteiger partial charge in [-0.15, -0.1) is 0 Å². The number of hydrogen-bond acceptors (Lipinski definition) is 0. The Bertz CT molecular complexity index is 132. The van der Waals surface area contributed by atoms with Crippen molar-refractivity contribution in [2.75, 3.05) is 5.33 Å². The number of hydrogen-bond donors (Lipinski definition) is 0. The molecule has 2 fully saturated rings. The standard InChI is InChI=1S/C10H17Br/c11-8-10(6-1-2-7-10)9-4-3-5-9/h9H,1-8H2. The van der Waals surface area contributed by atoms with Crippen molar-refractivity contribution in [1.29, 1.82) is 0 Å². The van der Waals surface area contributed by atoms with Crippen LogP contribution in [0.2, 0.25) is 0 Å². The van der Waals surface area contributed by atoms with Crippen LogP contribution < -0.4 is 0 Å². The van der Waals surface area contributed by atoms with Gasteiger partial charge in [-0.05, 0) is 37.0 Å². The predicted molar refractivity (Wildman–Crippen MR) is 52.0 cm³/mol. The second-order valence-corrected chi connectivity index (χ2v) is 4.89. The van der Waals surface area contributed by atoms with E-state index in [1.54, 1.807) is 0 Å². The zero-order valence-corrected chi connectivity index (χ0v) is 8.70. The summed E-state index contributed by atoms with van der Waals surface area (Å²) in [6.07, 6.45) is 10.5. The van der Waals surface area contributed by atoms with Gasteiger partial charge < -0.3 is 0 Å². The molecule has 0 spiro atoms. The number of halogens is 1. The molecule has 11 heavy (non-hydrogen) atoms. The summed E-state index contributed by atoms with van der Waals surface area (Å²) in [5.74, 6) is 1.09. The zero-order chi connectivity index (χ0) is 7.73. The van der Waals surface area contributed by atoms with Crippen LogP contribution in [-0.2, 0) is 0 Å². The third-order valence-corrected chi connectivity index (χ3v) is 4.95. The second kappa shape index (κ2) is 3.08. The van der Waals surface area contributed by atoms with Gasteiger partial charge in [0.25, 0.3) is 0 Å². The van der Waals surface area contributed by atoms with E-state index >= 15 is 0 Å². The molecule has 1 heteroatoms. The first-order chi connectivity index (χ1) is 5.37. The third kappa shape index (κ3) is 1.26. The van der Waals surface area contributed by atoms with Gasteiger partial charge in [0, 0.05) is 5.33 Å². The Kier molecular flexibility index (Phi) is 2.27. The van der Waals surface area contributed by atoms with Crippen molar-refractivity contribution in [2.24, 2.45) is 11.3 Å². The molecule has 0 nitrogen and oxygen atoms in total. The number of alkyl halides is 1. The third-order valence-electron chi connectivity index (χ3n) is 3.84. The average Bonchev–Trinajstić information content (AvgIpc) is 2.34. The summed E-state index contributed by atoms with van der Waals surface area (Å²) in [5, 5.41) is 1.27. The highest BCUT2D eigenvalue weighted by molar-refractivity contribution is 9.09. The maximum atomic E-state index is 3.71. The van der Waals surface area contributed by atoms with Crippen molar-refractivity contribution in [3.63, 3.8) is 0 Å². The van der Waals surface area contributed by atoms with Crippen LogP contribution in [0.25, 0.3) is 0 Å². The molecule has 0 saturated heterocycles. The fraction of sp³-hybridized carbons (Fsp3) is 1.00. The fourth-order valence-electron chi connectivity index (χ4n) is 2.75. The van der Waals surface area contributed by atoms with Crippen LogP contribution in [0.4, 0.5) is 0 Å². The molecule has 0 aromatic heterocycles. The van der Waals surface area contributed by atoms with E-state index in [1.165, 1.54) is 50.3 Å². The van der Waals surface area contributed by atoms with Gasteiger partial charge in [-0.25, -0.2) is 0 Å². The van der Waals surface area contributed by atoms with Gasteiger partial charge in [0.1, 0.15) is 0 Å². The minimum atomic E-state index is 0.748. The van der Waals surface area contributed by atoms with E-state index < -0.39 is 0 Å². The van der Waals surface area contributed by atoms with E-state index in [1.807, 2.05) is 0 Å². The Balaban J connectivity index is 2.02. The molecule has 2 aliphatic carbocycles. The van der Waals surface area contributed by atoms with E-state index in [0.717, 1.165) is 11.3 Å². The summed E-state index contributed by atoms with van der Waals surface area (Å²) in [4.78, 5) is 0. The summed E-state index contributed by atoms with van der Waals surface area (Å²) in [6.45, 7) is 0. The topological polar surface area (TPSA) is 0 Å². The molecule has 0 heterocycles. The van der Waals surface area contributed by atoms with Gasteiger partial charge >= 0.3 is 0 Å². The molecule has 0 atom stereocenters. The minimum absolute atomic E-state index is 0.748. The molecule has 2 rings (SSSR count). The lowest BCUT2D eigenvalue weighted by Gasteiger charge is -2.42. The van der Waals surface area contributed by atoms with Crippen LogP contribution in [0.5, 0.6) is 0 Å². The summed E-state index contributed by atoms with van der Waals surface area (Å²) >= 11 is 3.71. The summed E-state index contributed by atoms with van der Waals surface area (Å²) in [7, 11) is 0. The largest absolute Gasteiger partial charge is 0.0922 e. The Hall–Kier alpha value is 0.480.